The van der Waals surface area contributed by atoms with Crippen LogP contribution in [-0.2, 0) is 4.79 Å². The quantitative estimate of drug-likeness (QED) is 0.846. The average Bonchev–Trinajstić information content (AvgIpc) is 2.97. The average molecular weight is 258 g/mol. The first-order chi connectivity index (χ1) is 9.22. The van der Waals surface area contributed by atoms with Crippen LogP contribution in [0, 0.1) is 11.8 Å². The van der Waals surface area contributed by atoms with Gasteiger partial charge < -0.3 is 10.0 Å². The number of nitrogens with zero attached hydrogens (tertiary/aromatic N) is 2. The summed E-state index contributed by atoms with van der Waals surface area (Å²) in [7, 11) is 0. The lowest BCUT2D eigenvalue weighted by Crippen LogP contribution is -2.21. The molecule has 2 aliphatic rings. The molecule has 2 fully saturated rings. The van der Waals surface area contributed by atoms with Gasteiger partial charge in [-0.2, -0.15) is 0 Å². The molecule has 100 valence electrons. The smallest absolute Gasteiger partial charge is 0.328 e. The van der Waals surface area contributed by atoms with Crippen LogP contribution < -0.4 is 4.90 Å². The third kappa shape index (κ3) is 2.62. The second-order valence-corrected chi connectivity index (χ2v) is 5.48. The normalized spacial score (nSPS) is 26.0. The monoisotopic (exact) mass is 258 g/mol. The first-order valence-corrected chi connectivity index (χ1v) is 6.84. The van der Waals surface area contributed by atoms with Gasteiger partial charge in [0.2, 0.25) is 0 Å². The van der Waals surface area contributed by atoms with Crippen molar-refractivity contribution in [2.45, 2.75) is 19.3 Å². The molecular formula is C15H18N2O2. The Hall–Kier alpha value is -1.84. The van der Waals surface area contributed by atoms with Crippen molar-refractivity contribution in [3.05, 3.63) is 30.0 Å². The highest BCUT2D eigenvalue weighted by Crippen LogP contribution is 2.38. The van der Waals surface area contributed by atoms with Gasteiger partial charge in [-0.05, 0) is 48.4 Å². The summed E-state index contributed by atoms with van der Waals surface area (Å²) in [5.74, 6) is 1.79. The molecule has 3 rings (SSSR count). The number of aliphatic carboxylic acids is 1. The van der Waals surface area contributed by atoms with Crippen LogP contribution in [0.2, 0.25) is 0 Å². The summed E-state index contributed by atoms with van der Waals surface area (Å²) in [5, 5.41) is 8.58. The number of carboxylic acid groups (broad SMARTS) is 1. The van der Waals surface area contributed by atoms with E-state index < -0.39 is 5.97 Å². The Labute approximate surface area is 112 Å². The molecule has 2 atom stereocenters. The minimum absolute atomic E-state index is 0.825. The molecule has 4 heteroatoms. The van der Waals surface area contributed by atoms with Crippen LogP contribution in [0.5, 0.6) is 0 Å². The third-order valence-electron chi connectivity index (χ3n) is 4.24. The van der Waals surface area contributed by atoms with Gasteiger partial charge in [-0.25, -0.2) is 9.78 Å². The van der Waals surface area contributed by atoms with Crippen LogP contribution in [0.4, 0.5) is 5.82 Å². The first kappa shape index (κ1) is 12.2. The largest absolute Gasteiger partial charge is 0.478 e. The molecule has 4 nitrogen and oxygen atoms in total. The van der Waals surface area contributed by atoms with Crippen molar-refractivity contribution in [3.63, 3.8) is 0 Å². The standard InChI is InChI=1S/C15H18N2O2/c18-15(19)7-5-11-4-6-14(16-8-11)17-9-12-2-1-3-13(12)10-17/h4-8,12-13H,1-3,9-10H2,(H,18,19)/b7-5+. The summed E-state index contributed by atoms with van der Waals surface area (Å²) in [6, 6.07) is 3.92. The lowest BCUT2D eigenvalue weighted by atomic mass is 10.0. The Kier molecular flexibility index (Phi) is 3.23. The predicted octanol–water partition coefficient (Wildman–Crippen LogP) is 2.42. The number of hydrogen-bond donors (Lipinski definition) is 1. The van der Waals surface area contributed by atoms with Gasteiger partial charge in [-0.1, -0.05) is 6.42 Å². The highest BCUT2D eigenvalue weighted by atomic mass is 16.4. The SMILES string of the molecule is O=C(O)/C=C/c1ccc(N2CC3CCCC3C2)nc1. The Morgan fingerprint density at radius 2 is 2.05 bits per heavy atom. The van der Waals surface area contributed by atoms with Crippen molar-refractivity contribution in [2.24, 2.45) is 11.8 Å². The lowest BCUT2D eigenvalue weighted by molar-refractivity contribution is -0.131. The molecule has 2 unspecified atom stereocenters. The summed E-state index contributed by atoms with van der Waals surface area (Å²) in [6.07, 6.45) is 8.55. The molecule has 1 aliphatic carbocycles. The minimum atomic E-state index is -0.934. The molecule has 0 spiro atoms. The molecule has 0 aromatic carbocycles. The second-order valence-electron chi connectivity index (χ2n) is 5.48. The van der Waals surface area contributed by atoms with Crippen LogP contribution >= 0.6 is 0 Å². The van der Waals surface area contributed by atoms with Gasteiger partial charge in [-0.15, -0.1) is 0 Å². The van der Waals surface area contributed by atoms with E-state index in [1.165, 1.54) is 19.3 Å². The van der Waals surface area contributed by atoms with Gasteiger partial charge in [0, 0.05) is 25.4 Å². The summed E-state index contributed by atoms with van der Waals surface area (Å²) in [4.78, 5) is 17.3. The van der Waals surface area contributed by atoms with Crippen molar-refractivity contribution in [2.75, 3.05) is 18.0 Å². The maximum absolute atomic E-state index is 10.4. The van der Waals surface area contributed by atoms with Crippen molar-refractivity contribution in [1.29, 1.82) is 0 Å². The highest BCUT2D eigenvalue weighted by molar-refractivity contribution is 5.85. The van der Waals surface area contributed by atoms with Crippen molar-refractivity contribution in [1.82, 2.24) is 4.98 Å². The fourth-order valence-corrected chi connectivity index (χ4v) is 3.27. The zero-order chi connectivity index (χ0) is 13.2. The maximum atomic E-state index is 10.4. The minimum Gasteiger partial charge on any atom is -0.478 e. The topological polar surface area (TPSA) is 53.4 Å². The number of pyridine rings is 1. The molecule has 2 heterocycles. The number of fused-ring (bicyclic) bond motifs is 1. The summed E-state index contributed by atoms with van der Waals surface area (Å²) >= 11 is 0. The molecule has 0 radical (unpaired) electrons. The Morgan fingerprint density at radius 1 is 1.32 bits per heavy atom. The van der Waals surface area contributed by atoms with Gasteiger partial charge in [0.05, 0.1) is 0 Å². The summed E-state index contributed by atoms with van der Waals surface area (Å²) in [5.41, 5.74) is 0.825. The van der Waals surface area contributed by atoms with Gasteiger partial charge in [-0.3, -0.25) is 0 Å². The van der Waals surface area contributed by atoms with Gasteiger partial charge in [0.15, 0.2) is 0 Å². The Balaban J connectivity index is 1.68. The van der Waals surface area contributed by atoms with E-state index in [9.17, 15) is 4.79 Å². The van der Waals surface area contributed by atoms with Crippen LogP contribution in [-0.4, -0.2) is 29.1 Å². The third-order valence-corrected chi connectivity index (χ3v) is 4.24. The molecule has 1 saturated heterocycles. The summed E-state index contributed by atoms with van der Waals surface area (Å²) < 4.78 is 0. The zero-order valence-electron chi connectivity index (χ0n) is 10.8. The number of rotatable bonds is 3. The second kappa shape index (κ2) is 5.03. The lowest BCUT2D eigenvalue weighted by Gasteiger charge is -2.18. The van der Waals surface area contributed by atoms with E-state index in [4.69, 9.17) is 5.11 Å². The van der Waals surface area contributed by atoms with Crippen molar-refractivity contribution >= 4 is 17.9 Å². The van der Waals surface area contributed by atoms with E-state index in [-0.39, 0.29) is 0 Å². The van der Waals surface area contributed by atoms with Crippen LogP contribution in [0.25, 0.3) is 6.08 Å². The zero-order valence-corrected chi connectivity index (χ0v) is 10.8. The fourth-order valence-electron chi connectivity index (χ4n) is 3.27. The van der Waals surface area contributed by atoms with Gasteiger partial charge in [0.25, 0.3) is 0 Å². The number of hydrogen-bond acceptors (Lipinski definition) is 3. The molecule has 1 saturated carbocycles. The van der Waals surface area contributed by atoms with Gasteiger partial charge >= 0.3 is 5.97 Å². The number of carbonyl (C=O) groups is 1. The van der Waals surface area contributed by atoms with Crippen molar-refractivity contribution in [3.8, 4) is 0 Å². The van der Waals surface area contributed by atoms with Crippen molar-refractivity contribution < 1.29 is 9.90 Å². The predicted molar refractivity (Wildman–Crippen MR) is 74.0 cm³/mol. The van der Waals surface area contributed by atoms with E-state index >= 15 is 0 Å². The highest BCUT2D eigenvalue weighted by Gasteiger charge is 2.36. The van der Waals surface area contributed by atoms with E-state index in [0.29, 0.717) is 0 Å². The maximum Gasteiger partial charge on any atom is 0.328 e. The number of aromatic nitrogens is 1. The molecule has 1 aliphatic heterocycles. The van der Waals surface area contributed by atoms with E-state index in [1.54, 1.807) is 12.3 Å². The Bertz CT molecular complexity index is 483. The molecule has 1 N–H and O–H groups in total. The molecule has 19 heavy (non-hydrogen) atoms. The van der Waals surface area contributed by atoms with Gasteiger partial charge in [0.1, 0.15) is 5.82 Å². The number of anilines is 1. The number of carboxylic acids is 1. The van der Waals surface area contributed by atoms with Crippen LogP contribution in [0.15, 0.2) is 24.4 Å². The Morgan fingerprint density at radius 3 is 2.63 bits per heavy atom. The summed E-state index contributed by atoms with van der Waals surface area (Å²) in [6.45, 7) is 2.25. The molecule has 0 bridgehead atoms. The van der Waals surface area contributed by atoms with E-state index in [1.807, 2.05) is 12.1 Å². The molecular weight excluding hydrogens is 240 g/mol. The molecule has 1 aromatic heterocycles. The van der Waals surface area contributed by atoms with E-state index in [2.05, 4.69) is 9.88 Å². The van der Waals surface area contributed by atoms with Crippen LogP contribution in [0.1, 0.15) is 24.8 Å². The van der Waals surface area contributed by atoms with E-state index in [0.717, 1.165) is 42.4 Å². The van der Waals surface area contributed by atoms with Crippen LogP contribution in [0.3, 0.4) is 0 Å². The molecule has 1 aromatic rings. The first-order valence-electron chi connectivity index (χ1n) is 6.84. The fraction of sp³-hybridized carbons (Fsp3) is 0.467. The molecule has 0 amide bonds.